The van der Waals surface area contributed by atoms with E-state index in [1.54, 1.807) is 7.11 Å². The van der Waals surface area contributed by atoms with Gasteiger partial charge in [-0.25, -0.2) is 0 Å². The number of nitrogens with zero attached hydrogens (tertiary/aromatic N) is 3. The second-order valence-electron chi connectivity index (χ2n) is 5.49. The van der Waals surface area contributed by atoms with E-state index < -0.39 is 0 Å². The van der Waals surface area contributed by atoms with Gasteiger partial charge in [0.1, 0.15) is 5.75 Å². The Labute approximate surface area is 135 Å². The fourth-order valence-electron chi connectivity index (χ4n) is 2.41. The van der Waals surface area contributed by atoms with Crippen LogP contribution in [0.3, 0.4) is 0 Å². The van der Waals surface area contributed by atoms with Gasteiger partial charge in [-0.2, -0.15) is 5.10 Å². The van der Waals surface area contributed by atoms with Crippen molar-refractivity contribution >= 4 is 5.82 Å². The summed E-state index contributed by atoms with van der Waals surface area (Å²) in [5, 5.41) is 7.49. The van der Waals surface area contributed by atoms with E-state index in [0.717, 1.165) is 35.1 Å². The largest absolute Gasteiger partial charge is 0.497 e. The summed E-state index contributed by atoms with van der Waals surface area (Å²) in [6.45, 7) is 2.79. The molecule has 0 saturated carbocycles. The van der Waals surface area contributed by atoms with E-state index in [4.69, 9.17) is 4.74 Å². The topological polar surface area (TPSA) is 54.0 Å². The van der Waals surface area contributed by atoms with Crippen molar-refractivity contribution in [1.29, 1.82) is 0 Å². The Hall–Kier alpha value is -2.82. The molecule has 0 aliphatic carbocycles. The van der Waals surface area contributed by atoms with Crippen LogP contribution in [-0.4, -0.2) is 29.3 Å². The van der Waals surface area contributed by atoms with E-state index >= 15 is 0 Å². The molecule has 0 spiro atoms. The van der Waals surface area contributed by atoms with E-state index in [2.05, 4.69) is 33.1 Å². The Balaban J connectivity index is 1.76. The number of hydrogen-bond acceptors (Lipinski definition) is 4. The first-order valence-corrected chi connectivity index (χ1v) is 7.49. The standard InChI is InChI=1S/C18H20N4O/c1-13-5-4-10-19-17(13)12-22(2)18-11-16(20-21-18)14-6-8-15(23-3)9-7-14/h4-11H,12H2,1-3H3,(H,20,21). The molecular weight excluding hydrogens is 288 g/mol. The van der Waals surface area contributed by atoms with Gasteiger partial charge in [-0.15, -0.1) is 0 Å². The molecule has 0 amide bonds. The fourth-order valence-corrected chi connectivity index (χ4v) is 2.41. The second-order valence-corrected chi connectivity index (χ2v) is 5.49. The molecule has 2 aromatic heterocycles. The number of hydrogen-bond donors (Lipinski definition) is 1. The number of nitrogens with one attached hydrogen (secondary N) is 1. The third-order valence-electron chi connectivity index (χ3n) is 3.86. The number of aromatic nitrogens is 3. The van der Waals surface area contributed by atoms with E-state index in [-0.39, 0.29) is 0 Å². The molecule has 0 bridgehead atoms. The lowest BCUT2D eigenvalue weighted by atomic mass is 10.1. The Kier molecular flexibility index (Phi) is 4.28. The van der Waals surface area contributed by atoms with E-state index in [0.29, 0.717) is 0 Å². The molecule has 3 aromatic rings. The molecule has 1 aromatic carbocycles. The van der Waals surface area contributed by atoms with Crippen LogP contribution in [0.25, 0.3) is 11.3 Å². The normalized spacial score (nSPS) is 10.6. The number of ether oxygens (including phenoxy) is 1. The summed E-state index contributed by atoms with van der Waals surface area (Å²) >= 11 is 0. The summed E-state index contributed by atoms with van der Waals surface area (Å²) in [6.07, 6.45) is 1.82. The Morgan fingerprint density at radius 1 is 1.17 bits per heavy atom. The first-order valence-electron chi connectivity index (χ1n) is 7.49. The molecule has 23 heavy (non-hydrogen) atoms. The molecule has 0 aliphatic rings. The number of methoxy groups -OCH3 is 1. The van der Waals surface area contributed by atoms with Crippen molar-refractivity contribution in [3.8, 4) is 17.0 Å². The molecule has 118 valence electrons. The van der Waals surface area contributed by atoms with Gasteiger partial charge in [0.15, 0.2) is 5.82 Å². The molecule has 0 unspecified atom stereocenters. The highest BCUT2D eigenvalue weighted by Gasteiger charge is 2.10. The summed E-state index contributed by atoms with van der Waals surface area (Å²) in [7, 11) is 3.68. The number of H-pyrrole nitrogens is 1. The average Bonchev–Trinajstić information content (AvgIpc) is 3.07. The van der Waals surface area contributed by atoms with Crippen molar-refractivity contribution in [2.75, 3.05) is 19.1 Å². The van der Waals surface area contributed by atoms with Gasteiger partial charge in [0, 0.05) is 19.3 Å². The molecule has 1 N–H and O–H groups in total. The summed E-state index contributed by atoms with van der Waals surface area (Å²) < 4.78 is 5.19. The first kappa shape index (κ1) is 15.1. The summed E-state index contributed by atoms with van der Waals surface area (Å²) in [5.41, 5.74) is 4.30. The van der Waals surface area contributed by atoms with Crippen LogP contribution >= 0.6 is 0 Å². The number of pyridine rings is 1. The van der Waals surface area contributed by atoms with Gasteiger partial charge in [0.25, 0.3) is 0 Å². The Morgan fingerprint density at radius 2 is 1.96 bits per heavy atom. The van der Waals surface area contributed by atoms with Gasteiger partial charge in [-0.1, -0.05) is 6.07 Å². The zero-order chi connectivity index (χ0) is 16.2. The zero-order valence-corrected chi connectivity index (χ0v) is 13.6. The van der Waals surface area contributed by atoms with Crippen molar-refractivity contribution in [3.05, 3.63) is 59.9 Å². The first-order chi connectivity index (χ1) is 11.2. The number of aryl methyl sites for hydroxylation is 1. The maximum absolute atomic E-state index is 5.19. The smallest absolute Gasteiger partial charge is 0.151 e. The van der Waals surface area contributed by atoms with Crippen LogP contribution in [0.2, 0.25) is 0 Å². The molecule has 0 aliphatic heterocycles. The third kappa shape index (κ3) is 3.34. The van der Waals surface area contributed by atoms with Crippen molar-refractivity contribution in [3.63, 3.8) is 0 Å². The number of benzene rings is 1. The monoisotopic (exact) mass is 308 g/mol. The van der Waals surface area contributed by atoms with Gasteiger partial charge >= 0.3 is 0 Å². The number of aromatic amines is 1. The van der Waals surface area contributed by atoms with Gasteiger partial charge in [-0.05, 0) is 48.4 Å². The van der Waals surface area contributed by atoms with E-state index in [1.165, 1.54) is 5.56 Å². The highest BCUT2D eigenvalue weighted by molar-refractivity contribution is 5.63. The molecule has 3 rings (SSSR count). The second kappa shape index (κ2) is 6.52. The quantitative estimate of drug-likeness (QED) is 0.784. The molecule has 2 heterocycles. The maximum Gasteiger partial charge on any atom is 0.151 e. The zero-order valence-electron chi connectivity index (χ0n) is 13.6. The Morgan fingerprint density at radius 3 is 2.65 bits per heavy atom. The van der Waals surface area contributed by atoms with Gasteiger partial charge < -0.3 is 9.64 Å². The van der Waals surface area contributed by atoms with E-state index in [1.807, 2.05) is 49.6 Å². The van der Waals surface area contributed by atoms with Crippen molar-refractivity contribution < 1.29 is 4.74 Å². The highest BCUT2D eigenvalue weighted by Crippen LogP contribution is 2.24. The molecule has 5 heteroatoms. The van der Waals surface area contributed by atoms with Crippen LogP contribution < -0.4 is 9.64 Å². The van der Waals surface area contributed by atoms with Crippen molar-refractivity contribution in [1.82, 2.24) is 15.2 Å². The van der Waals surface area contributed by atoms with Gasteiger partial charge in [-0.3, -0.25) is 10.1 Å². The van der Waals surface area contributed by atoms with Crippen LogP contribution in [0.5, 0.6) is 5.75 Å². The summed E-state index contributed by atoms with van der Waals surface area (Å²) in [5.74, 6) is 1.73. The summed E-state index contributed by atoms with van der Waals surface area (Å²) in [6, 6.07) is 14.0. The summed E-state index contributed by atoms with van der Waals surface area (Å²) in [4.78, 5) is 6.52. The fraction of sp³-hybridized carbons (Fsp3) is 0.222. The minimum absolute atomic E-state index is 0.722. The van der Waals surface area contributed by atoms with Crippen LogP contribution in [-0.2, 0) is 6.54 Å². The maximum atomic E-state index is 5.19. The third-order valence-corrected chi connectivity index (χ3v) is 3.86. The Bertz CT molecular complexity index is 780. The van der Waals surface area contributed by atoms with E-state index in [9.17, 15) is 0 Å². The molecule has 5 nitrogen and oxygen atoms in total. The predicted molar refractivity (Wildman–Crippen MR) is 91.7 cm³/mol. The van der Waals surface area contributed by atoms with Crippen LogP contribution in [0.15, 0.2) is 48.7 Å². The number of anilines is 1. The number of rotatable bonds is 5. The van der Waals surface area contributed by atoms with Gasteiger partial charge in [0.2, 0.25) is 0 Å². The highest BCUT2D eigenvalue weighted by atomic mass is 16.5. The lowest BCUT2D eigenvalue weighted by Gasteiger charge is -2.16. The molecule has 0 saturated heterocycles. The van der Waals surface area contributed by atoms with Crippen LogP contribution in [0.4, 0.5) is 5.82 Å². The molecule has 0 fully saturated rings. The minimum Gasteiger partial charge on any atom is -0.497 e. The molecule has 0 atom stereocenters. The van der Waals surface area contributed by atoms with Crippen molar-refractivity contribution in [2.24, 2.45) is 0 Å². The predicted octanol–water partition coefficient (Wildman–Crippen LogP) is 3.43. The lowest BCUT2D eigenvalue weighted by molar-refractivity contribution is 0.415. The SMILES string of the molecule is COc1ccc(-c2cc(N(C)Cc3ncccc3C)n[nH]2)cc1. The molecule has 0 radical (unpaired) electrons. The minimum atomic E-state index is 0.722. The van der Waals surface area contributed by atoms with Gasteiger partial charge in [0.05, 0.1) is 25.0 Å². The van der Waals surface area contributed by atoms with Crippen LogP contribution in [0, 0.1) is 6.92 Å². The van der Waals surface area contributed by atoms with Crippen molar-refractivity contribution in [2.45, 2.75) is 13.5 Å². The lowest BCUT2D eigenvalue weighted by Crippen LogP contribution is -2.18. The molecular formula is C18H20N4O. The van der Waals surface area contributed by atoms with Crippen LogP contribution in [0.1, 0.15) is 11.3 Å². The average molecular weight is 308 g/mol.